The fourth-order valence-electron chi connectivity index (χ4n) is 2.72. The molecule has 0 saturated carbocycles. The fourth-order valence-corrected chi connectivity index (χ4v) is 2.72. The highest BCUT2D eigenvalue weighted by atomic mass is 16.3. The van der Waals surface area contributed by atoms with Gasteiger partial charge in [-0.15, -0.1) is 0 Å². The highest BCUT2D eigenvalue weighted by Gasteiger charge is 2.17. The zero-order chi connectivity index (χ0) is 18.8. The van der Waals surface area contributed by atoms with Gasteiger partial charge in [0.15, 0.2) is 0 Å². The van der Waals surface area contributed by atoms with E-state index in [0.717, 1.165) is 15.7 Å². The van der Waals surface area contributed by atoms with Crippen molar-refractivity contribution in [2.45, 2.75) is 33.4 Å². The van der Waals surface area contributed by atoms with Crippen LogP contribution in [0.1, 0.15) is 35.5 Å². The lowest BCUT2D eigenvalue weighted by atomic mass is 10.1. The van der Waals surface area contributed by atoms with Gasteiger partial charge in [0.2, 0.25) is 5.91 Å². The van der Waals surface area contributed by atoms with Gasteiger partial charge in [-0.3, -0.25) is 9.59 Å². The minimum absolute atomic E-state index is 0.00985. The number of para-hydroxylation sites is 1. The van der Waals surface area contributed by atoms with E-state index in [0.29, 0.717) is 17.0 Å². The number of hydrogen-bond acceptors (Lipinski definition) is 5. The van der Waals surface area contributed by atoms with Gasteiger partial charge in [-0.2, -0.15) is 10.4 Å². The van der Waals surface area contributed by atoms with Crippen molar-refractivity contribution in [3.8, 4) is 6.07 Å². The molecule has 1 amide bonds. The van der Waals surface area contributed by atoms with Crippen LogP contribution in [0.5, 0.6) is 0 Å². The summed E-state index contributed by atoms with van der Waals surface area (Å²) in [7, 11) is 0. The number of rotatable bonds is 4. The molecule has 0 aliphatic heterocycles. The third-order valence-electron chi connectivity index (χ3n) is 4.29. The Morgan fingerprint density at radius 3 is 2.81 bits per heavy atom. The minimum Gasteiger partial charge on any atom is -0.459 e. The minimum atomic E-state index is -0.567. The standard InChI is InChI=1S/C19H18N4O3/c1-11-12(2)22-23(19(25)15(11)9-20)10-18(24)21-13(3)17-8-14-6-4-5-7-16(14)26-17/h4-8,13H,10H2,1-3H3,(H,21,24). The van der Waals surface area contributed by atoms with Crippen molar-refractivity contribution in [3.05, 3.63) is 63.3 Å². The summed E-state index contributed by atoms with van der Waals surface area (Å²) < 4.78 is 6.75. The predicted molar refractivity (Wildman–Crippen MR) is 95.5 cm³/mol. The Bertz CT molecular complexity index is 1060. The quantitative estimate of drug-likeness (QED) is 0.778. The first-order chi connectivity index (χ1) is 12.4. The van der Waals surface area contributed by atoms with E-state index in [1.807, 2.05) is 36.4 Å². The zero-order valence-corrected chi connectivity index (χ0v) is 14.7. The zero-order valence-electron chi connectivity index (χ0n) is 14.7. The molecular formula is C19H18N4O3. The number of nitrogens with one attached hydrogen (secondary N) is 1. The van der Waals surface area contributed by atoms with Crippen molar-refractivity contribution in [3.63, 3.8) is 0 Å². The first-order valence-corrected chi connectivity index (χ1v) is 8.17. The second kappa shape index (κ2) is 6.84. The third-order valence-corrected chi connectivity index (χ3v) is 4.29. The topological polar surface area (TPSA) is 101 Å². The second-order valence-corrected chi connectivity index (χ2v) is 6.14. The highest BCUT2D eigenvalue weighted by molar-refractivity contribution is 5.79. The molecule has 0 fully saturated rings. The van der Waals surface area contributed by atoms with Crippen molar-refractivity contribution in [2.75, 3.05) is 0 Å². The van der Waals surface area contributed by atoms with E-state index in [4.69, 9.17) is 9.68 Å². The van der Waals surface area contributed by atoms with E-state index in [1.54, 1.807) is 20.8 Å². The van der Waals surface area contributed by atoms with Crippen molar-refractivity contribution in [1.29, 1.82) is 5.26 Å². The molecule has 1 aromatic carbocycles. The summed E-state index contributed by atoms with van der Waals surface area (Å²) in [6.07, 6.45) is 0. The summed E-state index contributed by atoms with van der Waals surface area (Å²) in [5, 5.41) is 17.0. The van der Waals surface area contributed by atoms with E-state index < -0.39 is 5.56 Å². The molecule has 2 aromatic heterocycles. The van der Waals surface area contributed by atoms with Gasteiger partial charge in [-0.1, -0.05) is 18.2 Å². The number of hydrogen-bond donors (Lipinski definition) is 1. The van der Waals surface area contributed by atoms with Crippen LogP contribution in [0.2, 0.25) is 0 Å². The predicted octanol–water partition coefficient (Wildman–Crippen LogP) is 2.36. The molecule has 26 heavy (non-hydrogen) atoms. The Labute approximate surface area is 149 Å². The van der Waals surface area contributed by atoms with E-state index in [2.05, 4.69) is 10.4 Å². The van der Waals surface area contributed by atoms with E-state index in [1.165, 1.54) is 0 Å². The first-order valence-electron chi connectivity index (χ1n) is 8.17. The normalized spacial score (nSPS) is 11.9. The number of carbonyl (C=O) groups is 1. The number of fused-ring (bicyclic) bond motifs is 1. The summed E-state index contributed by atoms with van der Waals surface area (Å²) in [6, 6.07) is 11.0. The van der Waals surface area contributed by atoms with Crippen molar-refractivity contribution in [2.24, 2.45) is 0 Å². The van der Waals surface area contributed by atoms with Crippen molar-refractivity contribution >= 4 is 16.9 Å². The molecule has 0 aliphatic carbocycles. The van der Waals surface area contributed by atoms with Crippen LogP contribution in [0.4, 0.5) is 0 Å². The molecule has 2 heterocycles. The van der Waals surface area contributed by atoms with Gasteiger partial charge in [0.05, 0.1) is 11.7 Å². The van der Waals surface area contributed by atoms with E-state index >= 15 is 0 Å². The lowest BCUT2D eigenvalue weighted by molar-refractivity contribution is -0.122. The number of aromatic nitrogens is 2. The van der Waals surface area contributed by atoms with Gasteiger partial charge in [0, 0.05) is 5.39 Å². The molecule has 0 spiro atoms. The van der Waals surface area contributed by atoms with E-state index in [-0.39, 0.29) is 24.1 Å². The Kier molecular flexibility index (Phi) is 4.59. The van der Waals surface area contributed by atoms with Crippen LogP contribution in [-0.4, -0.2) is 15.7 Å². The largest absolute Gasteiger partial charge is 0.459 e. The maximum atomic E-state index is 12.3. The third kappa shape index (κ3) is 3.22. The lowest BCUT2D eigenvalue weighted by Gasteiger charge is -2.13. The maximum absolute atomic E-state index is 12.3. The number of benzene rings is 1. The summed E-state index contributed by atoms with van der Waals surface area (Å²) in [5.74, 6) is 0.234. The number of aryl methyl sites for hydroxylation is 1. The molecule has 1 unspecified atom stereocenters. The Balaban J connectivity index is 1.78. The fraction of sp³-hybridized carbons (Fsp3) is 0.263. The molecule has 3 aromatic rings. The molecule has 0 aliphatic rings. The molecule has 3 rings (SSSR count). The SMILES string of the molecule is Cc1nn(CC(=O)NC(C)c2cc3ccccc3o2)c(=O)c(C#N)c1C. The van der Waals surface area contributed by atoms with Crippen LogP contribution in [0, 0.1) is 25.2 Å². The van der Waals surface area contributed by atoms with Crippen LogP contribution in [-0.2, 0) is 11.3 Å². The highest BCUT2D eigenvalue weighted by Crippen LogP contribution is 2.23. The summed E-state index contributed by atoms with van der Waals surface area (Å²) >= 11 is 0. The number of nitrogens with zero attached hydrogens (tertiary/aromatic N) is 3. The van der Waals surface area contributed by atoms with Gasteiger partial charge in [-0.25, -0.2) is 4.68 Å². The molecule has 0 saturated heterocycles. The summed E-state index contributed by atoms with van der Waals surface area (Å²) in [4.78, 5) is 24.6. The lowest BCUT2D eigenvalue weighted by Crippen LogP contribution is -2.36. The molecule has 1 atom stereocenters. The van der Waals surface area contributed by atoms with Crippen LogP contribution in [0.3, 0.4) is 0 Å². The number of furan rings is 1. The monoisotopic (exact) mass is 350 g/mol. The van der Waals surface area contributed by atoms with Gasteiger partial charge in [-0.05, 0) is 38.5 Å². The van der Waals surface area contributed by atoms with Gasteiger partial charge >= 0.3 is 0 Å². The summed E-state index contributed by atoms with van der Waals surface area (Å²) in [5.41, 5.74) is 1.26. The van der Waals surface area contributed by atoms with Crippen LogP contribution in [0.15, 0.2) is 39.5 Å². The molecular weight excluding hydrogens is 332 g/mol. The number of carbonyl (C=O) groups excluding carboxylic acids is 1. The van der Waals surface area contributed by atoms with Crippen LogP contribution >= 0.6 is 0 Å². The number of amides is 1. The maximum Gasteiger partial charge on any atom is 0.285 e. The molecule has 1 N–H and O–H groups in total. The summed E-state index contributed by atoms with van der Waals surface area (Å²) in [6.45, 7) is 4.89. The Hall–Kier alpha value is -3.40. The van der Waals surface area contributed by atoms with Crippen LogP contribution < -0.4 is 10.9 Å². The average Bonchev–Trinajstić information content (AvgIpc) is 3.04. The van der Waals surface area contributed by atoms with Crippen LogP contribution in [0.25, 0.3) is 11.0 Å². The molecule has 0 radical (unpaired) electrons. The van der Waals surface area contributed by atoms with Crippen molar-refractivity contribution < 1.29 is 9.21 Å². The van der Waals surface area contributed by atoms with Gasteiger partial charge in [0.1, 0.15) is 29.5 Å². The number of nitriles is 1. The molecule has 0 bridgehead atoms. The molecule has 7 heteroatoms. The first kappa shape index (κ1) is 17.4. The smallest absolute Gasteiger partial charge is 0.285 e. The molecule has 132 valence electrons. The van der Waals surface area contributed by atoms with Gasteiger partial charge in [0.25, 0.3) is 5.56 Å². The van der Waals surface area contributed by atoms with Crippen molar-refractivity contribution in [1.82, 2.24) is 15.1 Å². The average molecular weight is 350 g/mol. The molecule has 7 nitrogen and oxygen atoms in total. The second-order valence-electron chi connectivity index (χ2n) is 6.14. The Morgan fingerprint density at radius 1 is 1.38 bits per heavy atom. The van der Waals surface area contributed by atoms with Gasteiger partial charge < -0.3 is 9.73 Å². The van der Waals surface area contributed by atoms with E-state index in [9.17, 15) is 9.59 Å². The Morgan fingerprint density at radius 2 is 2.12 bits per heavy atom.